The first kappa shape index (κ1) is 8.43. The van der Waals surface area contributed by atoms with Crippen LogP contribution in [0.1, 0.15) is 0 Å². The van der Waals surface area contributed by atoms with Crippen LogP contribution in [0.15, 0.2) is 30.5 Å². The Labute approximate surface area is 79.3 Å². The van der Waals surface area contributed by atoms with Gasteiger partial charge in [-0.15, -0.1) is 0 Å². The van der Waals surface area contributed by atoms with E-state index in [9.17, 15) is 10.1 Å². The third-order valence-electron chi connectivity index (χ3n) is 1.99. The first-order chi connectivity index (χ1) is 6.68. The van der Waals surface area contributed by atoms with Crippen LogP contribution < -0.4 is 5.73 Å². The van der Waals surface area contributed by atoms with Crippen molar-refractivity contribution >= 4 is 22.3 Å². The molecule has 0 aliphatic carbocycles. The van der Waals surface area contributed by atoms with Gasteiger partial charge in [0.2, 0.25) is 0 Å². The number of pyridine rings is 1. The highest BCUT2D eigenvalue weighted by Crippen LogP contribution is 2.23. The summed E-state index contributed by atoms with van der Waals surface area (Å²) in [6, 6.07) is 6.29. The summed E-state index contributed by atoms with van der Waals surface area (Å²) in [5.41, 5.74) is 5.62. The summed E-state index contributed by atoms with van der Waals surface area (Å²) >= 11 is 0. The molecule has 0 unspecified atom stereocenters. The largest absolute Gasteiger partial charge is 0.383 e. The van der Waals surface area contributed by atoms with Gasteiger partial charge in [-0.25, -0.2) is 4.98 Å². The number of nitrogens with two attached hydrogens (primary N) is 1. The van der Waals surface area contributed by atoms with Crippen molar-refractivity contribution in [3.05, 3.63) is 40.6 Å². The van der Waals surface area contributed by atoms with Gasteiger partial charge >= 0.3 is 0 Å². The first-order valence-corrected chi connectivity index (χ1v) is 3.97. The third-order valence-corrected chi connectivity index (χ3v) is 1.99. The van der Waals surface area contributed by atoms with Crippen molar-refractivity contribution < 1.29 is 4.92 Å². The van der Waals surface area contributed by atoms with Crippen LogP contribution in [0.3, 0.4) is 0 Å². The molecule has 0 aliphatic heterocycles. The molecule has 1 aromatic heterocycles. The summed E-state index contributed by atoms with van der Waals surface area (Å²) in [7, 11) is 0. The zero-order valence-electron chi connectivity index (χ0n) is 7.18. The second kappa shape index (κ2) is 2.95. The number of nitrogens with zero attached hydrogens (tertiary/aromatic N) is 2. The number of nitro benzene ring substituents is 1. The zero-order chi connectivity index (χ0) is 10.1. The minimum Gasteiger partial charge on any atom is -0.383 e. The standard InChI is InChI=1S/C9H7N3O2/c10-9-8-5-7(12(13)14)2-1-6(8)3-4-11-9/h1-5H,(H2,10,11). The molecule has 0 fully saturated rings. The van der Waals surface area contributed by atoms with E-state index in [0.29, 0.717) is 11.2 Å². The molecular weight excluding hydrogens is 182 g/mol. The highest BCUT2D eigenvalue weighted by Gasteiger charge is 2.07. The maximum absolute atomic E-state index is 10.5. The van der Waals surface area contributed by atoms with E-state index < -0.39 is 4.92 Å². The van der Waals surface area contributed by atoms with Gasteiger partial charge in [0.25, 0.3) is 5.69 Å². The summed E-state index contributed by atoms with van der Waals surface area (Å²) in [4.78, 5) is 13.9. The molecule has 14 heavy (non-hydrogen) atoms. The highest BCUT2D eigenvalue weighted by atomic mass is 16.6. The van der Waals surface area contributed by atoms with Crippen LogP contribution >= 0.6 is 0 Å². The van der Waals surface area contributed by atoms with Crippen molar-refractivity contribution in [1.29, 1.82) is 0 Å². The topological polar surface area (TPSA) is 82.0 Å². The number of nitro groups is 1. The fourth-order valence-electron chi connectivity index (χ4n) is 1.29. The fraction of sp³-hybridized carbons (Fsp3) is 0. The van der Waals surface area contributed by atoms with Gasteiger partial charge in [-0.3, -0.25) is 10.1 Å². The third kappa shape index (κ3) is 1.24. The van der Waals surface area contributed by atoms with Crippen LogP contribution in [0.5, 0.6) is 0 Å². The lowest BCUT2D eigenvalue weighted by atomic mass is 10.1. The highest BCUT2D eigenvalue weighted by molar-refractivity contribution is 5.92. The Morgan fingerprint density at radius 2 is 2.14 bits per heavy atom. The molecule has 0 radical (unpaired) electrons. The van der Waals surface area contributed by atoms with Crippen molar-refractivity contribution in [2.75, 3.05) is 5.73 Å². The summed E-state index contributed by atoms with van der Waals surface area (Å²) in [5.74, 6) is 0.311. The Morgan fingerprint density at radius 3 is 2.86 bits per heavy atom. The van der Waals surface area contributed by atoms with E-state index in [1.807, 2.05) is 0 Å². The molecule has 0 amide bonds. The number of nitrogen functional groups attached to an aromatic ring is 1. The predicted molar refractivity (Wildman–Crippen MR) is 52.8 cm³/mol. The smallest absolute Gasteiger partial charge is 0.270 e. The van der Waals surface area contributed by atoms with Crippen LogP contribution in [0, 0.1) is 10.1 Å². The van der Waals surface area contributed by atoms with Gasteiger partial charge in [0.05, 0.1) is 4.92 Å². The summed E-state index contributed by atoms with van der Waals surface area (Å²) in [6.07, 6.45) is 1.57. The molecular formula is C9H7N3O2. The van der Waals surface area contributed by atoms with Crippen LogP contribution in [0.2, 0.25) is 0 Å². The molecule has 0 saturated heterocycles. The Kier molecular flexibility index (Phi) is 1.78. The Balaban J connectivity index is 2.76. The Morgan fingerprint density at radius 1 is 1.36 bits per heavy atom. The maximum atomic E-state index is 10.5. The first-order valence-electron chi connectivity index (χ1n) is 3.97. The van der Waals surface area contributed by atoms with E-state index in [2.05, 4.69) is 4.98 Å². The SMILES string of the molecule is Nc1nccc2ccc([N+](=O)[O-])cc12. The Bertz CT molecular complexity index is 510. The molecule has 70 valence electrons. The van der Waals surface area contributed by atoms with E-state index in [0.717, 1.165) is 5.39 Å². The fourth-order valence-corrected chi connectivity index (χ4v) is 1.29. The zero-order valence-corrected chi connectivity index (χ0v) is 7.18. The van der Waals surface area contributed by atoms with E-state index in [1.165, 1.54) is 12.1 Å². The van der Waals surface area contributed by atoms with E-state index >= 15 is 0 Å². The van der Waals surface area contributed by atoms with Crippen LogP contribution in [-0.2, 0) is 0 Å². The number of hydrogen-bond donors (Lipinski definition) is 1. The van der Waals surface area contributed by atoms with Gasteiger partial charge in [-0.1, -0.05) is 0 Å². The number of aromatic nitrogens is 1. The minimum absolute atomic E-state index is 0.0252. The monoisotopic (exact) mass is 189 g/mol. The summed E-state index contributed by atoms with van der Waals surface area (Å²) in [6.45, 7) is 0. The molecule has 5 heteroatoms. The molecule has 2 aromatic rings. The van der Waals surface area contributed by atoms with Gasteiger partial charge in [0.15, 0.2) is 0 Å². The lowest BCUT2D eigenvalue weighted by Gasteiger charge is -1.99. The number of non-ortho nitro benzene ring substituents is 1. The van der Waals surface area contributed by atoms with Gasteiger partial charge < -0.3 is 5.73 Å². The van der Waals surface area contributed by atoms with Gasteiger partial charge in [0, 0.05) is 23.7 Å². The molecule has 5 nitrogen and oxygen atoms in total. The van der Waals surface area contributed by atoms with Crippen molar-refractivity contribution in [1.82, 2.24) is 4.98 Å². The molecule has 2 N–H and O–H groups in total. The number of fused-ring (bicyclic) bond motifs is 1. The molecule has 1 aromatic carbocycles. The number of anilines is 1. The van der Waals surface area contributed by atoms with Crippen molar-refractivity contribution in [2.45, 2.75) is 0 Å². The lowest BCUT2D eigenvalue weighted by molar-refractivity contribution is -0.384. The second-order valence-corrected chi connectivity index (χ2v) is 2.86. The quantitative estimate of drug-likeness (QED) is 0.547. The van der Waals surface area contributed by atoms with Gasteiger partial charge in [-0.05, 0) is 17.5 Å². The molecule has 0 aliphatic rings. The summed E-state index contributed by atoms with van der Waals surface area (Å²) in [5, 5.41) is 12.0. The average molecular weight is 189 g/mol. The van der Waals surface area contributed by atoms with Crippen LogP contribution in [0.4, 0.5) is 11.5 Å². The molecule has 2 rings (SSSR count). The van der Waals surface area contributed by atoms with Crippen molar-refractivity contribution in [2.24, 2.45) is 0 Å². The molecule has 0 bridgehead atoms. The molecule has 0 saturated carbocycles. The number of hydrogen-bond acceptors (Lipinski definition) is 4. The van der Waals surface area contributed by atoms with Crippen LogP contribution in [-0.4, -0.2) is 9.91 Å². The van der Waals surface area contributed by atoms with Crippen molar-refractivity contribution in [3.63, 3.8) is 0 Å². The lowest BCUT2D eigenvalue weighted by Crippen LogP contribution is -1.92. The summed E-state index contributed by atoms with van der Waals surface area (Å²) < 4.78 is 0. The van der Waals surface area contributed by atoms with Crippen molar-refractivity contribution in [3.8, 4) is 0 Å². The van der Waals surface area contributed by atoms with E-state index in [1.54, 1.807) is 18.3 Å². The average Bonchev–Trinajstić information content (AvgIpc) is 2.18. The van der Waals surface area contributed by atoms with Gasteiger partial charge in [-0.2, -0.15) is 0 Å². The molecule has 0 spiro atoms. The second-order valence-electron chi connectivity index (χ2n) is 2.86. The van der Waals surface area contributed by atoms with E-state index in [-0.39, 0.29) is 5.69 Å². The Hall–Kier alpha value is -2.17. The maximum Gasteiger partial charge on any atom is 0.270 e. The molecule has 1 heterocycles. The minimum atomic E-state index is -0.453. The van der Waals surface area contributed by atoms with Gasteiger partial charge in [0.1, 0.15) is 5.82 Å². The predicted octanol–water partition coefficient (Wildman–Crippen LogP) is 1.73. The molecule has 0 atom stereocenters. The number of benzene rings is 1. The normalized spacial score (nSPS) is 10.3. The van der Waals surface area contributed by atoms with Crippen LogP contribution in [0.25, 0.3) is 10.8 Å². The van der Waals surface area contributed by atoms with E-state index in [4.69, 9.17) is 5.73 Å². The number of rotatable bonds is 1.